The van der Waals surface area contributed by atoms with E-state index in [0.29, 0.717) is 10.7 Å². The number of thioether (sulfide) groups is 1. The summed E-state index contributed by atoms with van der Waals surface area (Å²) in [6.45, 7) is 1.62. The van der Waals surface area contributed by atoms with Gasteiger partial charge in [-0.1, -0.05) is 54.2 Å². The summed E-state index contributed by atoms with van der Waals surface area (Å²) in [5, 5.41) is 9.34. The number of ketones is 1. The van der Waals surface area contributed by atoms with E-state index in [4.69, 9.17) is 5.11 Å². The average Bonchev–Trinajstić information content (AvgIpc) is 2.92. The number of nitrogens with zero attached hydrogens (tertiary/aromatic N) is 2. The van der Waals surface area contributed by atoms with Gasteiger partial charge in [0, 0.05) is 5.56 Å². The zero-order valence-electron chi connectivity index (χ0n) is 13.0. The molecular weight excluding hydrogens is 324 g/mol. The number of carboxylic acid groups (broad SMARTS) is 1. The van der Waals surface area contributed by atoms with Gasteiger partial charge in [0.25, 0.3) is 0 Å². The number of aromatic nitrogens is 2. The number of carbonyl (C=O) groups excluding carboxylic acids is 1. The molecule has 1 heterocycles. The van der Waals surface area contributed by atoms with Crippen LogP contribution in [0.1, 0.15) is 17.3 Å². The van der Waals surface area contributed by atoms with Crippen molar-refractivity contribution in [1.29, 1.82) is 0 Å². The van der Waals surface area contributed by atoms with Gasteiger partial charge in [-0.25, -0.2) is 4.98 Å². The SMILES string of the molecule is CC(Sc1nc2ccccc2n1CC(=O)O)C(=O)c1ccccc1. The first-order valence-electron chi connectivity index (χ1n) is 7.49. The van der Waals surface area contributed by atoms with Gasteiger partial charge in [0.15, 0.2) is 10.9 Å². The number of hydrogen-bond acceptors (Lipinski definition) is 4. The molecule has 0 bridgehead atoms. The fourth-order valence-corrected chi connectivity index (χ4v) is 3.48. The second kappa shape index (κ2) is 6.88. The summed E-state index contributed by atoms with van der Waals surface area (Å²) in [4.78, 5) is 28.2. The molecule has 3 aromatic rings. The van der Waals surface area contributed by atoms with Crippen LogP contribution in [0.4, 0.5) is 0 Å². The molecule has 6 heteroatoms. The van der Waals surface area contributed by atoms with Crippen molar-refractivity contribution >= 4 is 34.5 Å². The van der Waals surface area contributed by atoms with Crippen molar-refractivity contribution in [3.8, 4) is 0 Å². The van der Waals surface area contributed by atoms with Gasteiger partial charge >= 0.3 is 5.97 Å². The maximum Gasteiger partial charge on any atom is 0.323 e. The van der Waals surface area contributed by atoms with Crippen LogP contribution in [0.3, 0.4) is 0 Å². The molecule has 3 rings (SSSR count). The summed E-state index contributed by atoms with van der Waals surface area (Å²) in [7, 11) is 0. The lowest BCUT2D eigenvalue weighted by Crippen LogP contribution is -2.16. The molecule has 24 heavy (non-hydrogen) atoms. The van der Waals surface area contributed by atoms with Crippen molar-refractivity contribution in [3.05, 3.63) is 60.2 Å². The standard InChI is InChI=1S/C18H16N2O3S/c1-12(17(23)13-7-3-2-4-8-13)24-18-19-14-9-5-6-10-15(14)20(18)11-16(21)22/h2-10,12H,11H2,1H3,(H,21,22). The number of carboxylic acids is 1. The summed E-state index contributed by atoms with van der Waals surface area (Å²) in [5.74, 6) is -0.948. The number of benzene rings is 2. The maximum atomic E-state index is 12.5. The second-order valence-corrected chi connectivity index (χ2v) is 6.66. The summed E-state index contributed by atoms with van der Waals surface area (Å²) >= 11 is 1.28. The van der Waals surface area contributed by atoms with E-state index >= 15 is 0 Å². The minimum atomic E-state index is -0.943. The van der Waals surface area contributed by atoms with E-state index in [0.717, 1.165) is 11.0 Å². The number of carbonyl (C=O) groups is 2. The number of aliphatic carboxylic acids is 1. The quantitative estimate of drug-likeness (QED) is 0.549. The van der Waals surface area contributed by atoms with Gasteiger partial charge in [-0.3, -0.25) is 9.59 Å². The Labute approximate surface area is 143 Å². The molecule has 0 spiro atoms. The molecule has 1 atom stereocenters. The number of Topliss-reactive ketones (excluding diaryl/α,β-unsaturated/α-hetero) is 1. The van der Waals surface area contributed by atoms with Crippen LogP contribution in [0.2, 0.25) is 0 Å². The van der Waals surface area contributed by atoms with E-state index in [1.165, 1.54) is 11.8 Å². The van der Waals surface area contributed by atoms with Crippen molar-refractivity contribution in [1.82, 2.24) is 9.55 Å². The van der Waals surface area contributed by atoms with Crippen LogP contribution >= 0.6 is 11.8 Å². The Bertz CT molecular complexity index is 890. The Balaban J connectivity index is 1.91. The van der Waals surface area contributed by atoms with Crippen molar-refractivity contribution in [2.45, 2.75) is 23.9 Å². The van der Waals surface area contributed by atoms with Crippen LogP contribution < -0.4 is 0 Å². The van der Waals surface area contributed by atoms with Gasteiger partial charge in [0.2, 0.25) is 0 Å². The first-order valence-corrected chi connectivity index (χ1v) is 8.37. The fourth-order valence-electron chi connectivity index (χ4n) is 2.48. The lowest BCUT2D eigenvalue weighted by molar-refractivity contribution is -0.137. The van der Waals surface area contributed by atoms with Gasteiger partial charge in [0.1, 0.15) is 6.54 Å². The first kappa shape index (κ1) is 16.3. The van der Waals surface area contributed by atoms with Gasteiger partial charge in [-0.15, -0.1) is 0 Å². The molecule has 0 aliphatic carbocycles. The largest absolute Gasteiger partial charge is 0.480 e. The lowest BCUT2D eigenvalue weighted by Gasteiger charge is -2.11. The number of rotatable bonds is 6. The third kappa shape index (κ3) is 3.33. The van der Waals surface area contributed by atoms with Gasteiger partial charge in [-0.2, -0.15) is 0 Å². The molecule has 0 amide bonds. The Morgan fingerprint density at radius 3 is 2.50 bits per heavy atom. The third-order valence-electron chi connectivity index (χ3n) is 3.62. The Hall–Kier alpha value is -2.60. The molecule has 2 aromatic carbocycles. The van der Waals surface area contributed by atoms with Crippen LogP contribution in [0.25, 0.3) is 11.0 Å². The Kier molecular flexibility index (Phi) is 4.66. The minimum absolute atomic E-state index is 0.00506. The van der Waals surface area contributed by atoms with Gasteiger partial charge < -0.3 is 9.67 Å². The first-order chi connectivity index (χ1) is 11.6. The molecule has 1 aromatic heterocycles. The normalized spacial score (nSPS) is 12.2. The fraction of sp³-hybridized carbons (Fsp3) is 0.167. The molecule has 0 fully saturated rings. The predicted octanol–water partition coefficient (Wildman–Crippen LogP) is 3.48. The minimum Gasteiger partial charge on any atom is -0.480 e. The van der Waals surface area contributed by atoms with Gasteiger partial charge in [0.05, 0.1) is 16.3 Å². The summed E-state index contributed by atoms with van der Waals surface area (Å²) < 4.78 is 1.64. The molecule has 0 saturated carbocycles. The lowest BCUT2D eigenvalue weighted by atomic mass is 10.1. The van der Waals surface area contributed by atoms with Crippen LogP contribution in [-0.4, -0.2) is 31.7 Å². The van der Waals surface area contributed by atoms with E-state index in [1.807, 2.05) is 49.4 Å². The highest BCUT2D eigenvalue weighted by atomic mass is 32.2. The highest BCUT2D eigenvalue weighted by molar-refractivity contribution is 8.00. The Morgan fingerprint density at radius 1 is 1.12 bits per heavy atom. The van der Waals surface area contributed by atoms with Crippen molar-refractivity contribution in [2.24, 2.45) is 0 Å². The molecule has 0 aliphatic rings. The van der Waals surface area contributed by atoms with Crippen molar-refractivity contribution in [2.75, 3.05) is 0 Å². The Morgan fingerprint density at radius 2 is 1.79 bits per heavy atom. The molecular formula is C18H16N2O3S. The number of imidazole rings is 1. The maximum absolute atomic E-state index is 12.5. The smallest absolute Gasteiger partial charge is 0.323 e. The van der Waals surface area contributed by atoms with Crippen molar-refractivity contribution in [3.63, 3.8) is 0 Å². The van der Waals surface area contributed by atoms with Crippen LogP contribution in [0.5, 0.6) is 0 Å². The average molecular weight is 340 g/mol. The summed E-state index contributed by atoms with van der Waals surface area (Å²) in [5.41, 5.74) is 2.11. The summed E-state index contributed by atoms with van der Waals surface area (Å²) in [6.07, 6.45) is 0. The van der Waals surface area contributed by atoms with E-state index in [1.54, 1.807) is 16.7 Å². The molecule has 5 nitrogen and oxygen atoms in total. The molecule has 0 aliphatic heterocycles. The highest BCUT2D eigenvalue weighted by Crippen LogP contribution is 2.28. The zero-order valence-corrected chi connectivity index (χ0v) is 13.9. The summed E-state index contributed by atoms with van der Waals surface area (Å²) in [6, 6.07) is 16.4. The predicted molar refractivity (Wildman–Crippen MR) is 93.5 cm³/mol. The third-order valence-corrected chi connectivity index (χ3v) is 4.71. The van der Waals surface area contributed by atoms with Crippen LogP contribution in [0, 0.1) is 0 Å². The monoisotopic (exact) mass is 340 g/mol. The number of fused-ring (bicyclic) bond motifs is 1. The van der Waals surface area contributed by atoms with E-state index in [-0.39, 0.29) is 17.6 Å². The number of hydrogen-bond donors (Lipinski definition) is 1. The molecule has 122 valence electrons. The van der Waals surface area contributed by atoms with E-state index in [9.17, 15) is 9.59 Å². The van der Waals surface area contributed by atoms with Crippen molar-refractivity contribution < 1.29 is 14.7 Å². The number of para-hydroxylation sites is 2. The molecule has 1 unspecified atom stereocenters. The molecule has 1 N–H and O–H groups in total. The van der Waals surface area contributed by atoms with Crippen LogP contribution in [0.15, 0.2) is 59.8 Å². The van der Waals surface area contributed by atoms with Crippen LogP contribution in [-0.2, 0) is 11.3 Å². The highest BCUT2D eigenvalue weighted by Gasteiger charge is 2.21. The van der Waals surface area contributed by atoms with Gasteiger partial charge in [-0.05, 0) is 19.1 Å². The molecule has 0 radical (unpaired) electrons. The van der Waals surface area contributed by atoms with E-state index < -0.39 is 5.97 Å². The molecule has 0 saturated heterocycles. The second-order valence-electron chi connectivity index (χ2n) is 5.35. The zero-order chi connectivity index (χ0) is 17.1. The van der Waals surface area contributed by atoms with E-state index in [2.05, 4.69) is 4.98 Å². The topological polar surface area (TPSA) is 72.2 Å².